The zero-order chi connectivity index (χ0) is 25.9. The normalized spacial score (nSPS) is 22.3. The second-order valence-electron chi connectivity index (χ2n) is 10.1. The molecular weight excluding hydrogens is 508 g/mol. The van der Waals surface area contributed by atoms with Crippen LogP contribution in [0.25, 0.3) is 0 Å². The highest BCUT2D eigenvalue weighted by Gasteiger charge is 2.69. The van der Waals surface area contributed by atoms with Gasteiger partial charge in [-0.2, -0.15) is 5.10 Å². The summed E-state index contributed by atoms with van der Waals surface area (Å²) < 4.78 is 26.1. The number of aromatic nitrogens is 2. The number of aliphatic hydroxyl groups is 2. The van der Waals surface area contributed by atoms with E-state index in [1.807, 2.05) is 0 Å². The standard InChI is InChI=1S/C24H29ClN4O6S/c1-29-20-17(19(28-29)21(32)26-12-14-2-4-15(25)5-3-14)10-16(27-22(20)33)11-23(6-7-23)36(34,35)24(8-9-24)18(31)13-30/h2-5,16,18,30-31H,6-13H2,1H3,(H,26,32)(H,27,33)/t16-,18-/m0/s1. The highest BCUT2D eigenvalue weighted by atomic mass is 35.5. The Kier molecular flexibility index (Phi) is 6.18. The number of nitrogens with one attached hydrogen (secondary N) is 2. The number of hydrogen-bond donors (Lipinski definition) is 4. The Morgan fingerprint density at radius 3 is 2.53 bits per heavy atom. The molecule has 2 heterocycles. The predicted molar refractivity (Wildman–Crippen MR) is 131 cm³/mol. The van der Waals surface area contributed by atoms with Crippen LogP contribution in [-0.4, -0.2) is 68.5 Å². The van der Waals surface area contributed by atoms with Gasteiger partial charge in [-0.1, -0.05) is 23.7 Å². The van der Waals surface area contributed by atoms with Crippen LogP contribution in [0.5, 0.6) is 0 Å². The first kappa shape index (κ1) is 25.2. The summed E-state index contributed by atoms with van der Waals surface area (Å²) in [4.78, 5) is 25.9. The number of hydrogen-bond acceptors (Lipinski definition) is 7. The van der Waals surface area contributed by atoms with Crippen molar-refractivity contribution in [2.75, 3.05) is 6.61 Å². The number of carbonyl (C=O) groups excluding carboxylic acids is 2. The van der Waals surface area contributed by atoms with E-state index in [0.29, 0.717) is 36.3 Å². The van der Waals surface area contributed by atoms with E-state index >= 15 is 0 Å². The number of amides is 2. The van der Waals surface area contributed by atoms with Gasteiger partial charge in [-0.25, -0.2) is 8.42 Å². The molecule has 0 unspecified atom stereocenters. The molecule has 5 rings (SSSR count). The van der Waals surface area contributed by atoms with Crippen molar-refractivity contribution in [1.82, 2.24) is 20.4 Å². The molecule has 12 heteroatoms. The topological polar surface area (TPSA) is 151 Å². The smallest absolute Gasteiger partial charge is 0.272 e. The van der Waals surface area contributed by atoms with E-state index in [4.69, 9.17) is 11.6 Å². The third-order valence-electron chi connectivity index (χ3n) is 7.78. The van der Waals surface area contributed by atoms with E-state index in [2.05, 4.69) is 15.7 Å². The Bertz CT molecular complexity index is 1310. The van der Waals surface area contributed by atoms with Crippen LogP contribution in [0.3, 0.4) is 0 Å². The number of aliphatic hydroxyl groups excluding tert-OH is 2. The van der Waals surface area contributed by atoms with Gasteiger partial charge in [0.05, 0.1) is 17.5 Å². The first-order chi connectivity index (χ1) is 17.0. The summed E-state index contributed by atoms with van der Waals surface area (Å²) in [6, 6.07) is 6.56. The molecule has 1 aromatic carbocycles. The fraction of sp³-hybridized carbons (Fsp3) is 0.542. The summed E-state index contributed by atoms with van der Waals surface area (Å²) in [5.74, 6) is -0.829. The second kappa shape index (κ2) is 8.83. The summed E-state index contributed by atoms with van der Waals surface area (Å²) in [5, 5.41) is 30.3. The van der Waals surface area contributed by atoms with Gasteiger partial charge in [0.2, 0.25) is 0 Å². The van der Waals surface area contributed by atoms with Crippen LogP contribution in [0, 0.1) is 0 Å². The lowest BCUT2D eigenvalue weighted by Gasteiger charge is -2.31. The second-order valence-corrected chi connectivity index (χ2v) is 13.3. The predicted octanol–water partition coefficient (Wildman–Crippen LogP) is 0.881. The molecular formula is C24H29ClN4O6S. The van der Waals surface area contributed by atoms with E-state index < -0.39 is 49.9 Å². The van der Waals surface area contributed by atoms with Crippen molar-refractivity contribution in [1.29, 1.82) is 0 Å². The third-order valence-corrected chi connectivity index (χ3v) is 11.5. The molecule has 0 radical (unpaired) electrons. The summed E-state index contributed by atoms with van der Waals surface area (Å²) in [6.45, 7) is -0.351. The lowest BCUT2D eigenvalue weighted by atomic mass is 9.94. The van der Waals surface area contributed by atoms with E-state index in [-0.39, 0.29) is 30.8 Å². The van der Waals surface area contributed by atoms with Crippen LogP contribution in [0.4, 0.5) is 0 Å². The number of nitrogens with zero attached hydrogens (tertiary/aromatic N) is 2. The highest BCUT2D eigenvalue weighted by molar-refractivity contribution is 7.94. The summed E-state index contributed by atoms with van der Waals surface area (Å²) in [5.41, 5.74) is 1.77. The molecule has 3 aliphatic rings. The zero-order valence-electron chi connectivity index (χ0n) is 19.8. The molecule has 0 saturated heterocycles. The van der Waals surface area contributed by atoms with Crippen molar-refractivity contribution in [2.24, 2.45) is 7.05 Å². The molecule has 10 nitrogen and oxygen atoms in total. The lowest BCUT2D eigenvalue weighted by Crippen LogP contribution is -2.50. The quantitative estimate of drug-likeness (QED) is 0.371. The first-order valence-electron chi connectivity index (χ1n) is 12.0. The van der Waals surface area contributed by atoms with Gasteiger partial charge in [-0.05, 0) is 56.2 Å². The molecule has 2 fully saturated rings. The van der Waals surface area contributed by atoms with Gasteiger partial charge in [-0.3, -0.25) is 14.3 Å². The molecule has 2 aromatic rings. The Balaban J connectivity index is 1.34. The maximum absolute atomic E-state index is 13.5. The maximum Gasteiger partial charge on any atom is 0.272 e. The minimum absolute atomic E-state index is 0.142. The van der Waals surface area contributed by atoms with Crippen LogP contribution >= 0.6 is 11.6 Å². The number of sulfone groups is 1. The molecule has 1 aliphatic heterocycles. The maximum atomic E-state index is 13.5. The van der Waals surface area contributed by atoms with Crippen LogP contribution in [0.15, 0.2) is 24.3 Å². The lowest BCUT2D eigenvalue weighted by molar-refractivity contribution is 0.0846. The molecule has 0 spiro atoms. The fourth-order valence-corrected chi connectivity index (χ4v) is 8.56. The van der Waals surface area contributed by atoms with Crippen molar-refractivity contribution in [2.45, 2.75) is 66.7 Å². The van der Waals surface area contributed by atoms with Gasteiger partial charge < -0.3 is 20.8 Å². The van der Waals surface area contributed by atoms with E-state index in [9.17, 15) is 28.2 Å². The molecule has 2 saturated carbocycles. The molecule has 194 valence electrons. The van der Waals surface area contributed by atoms with Crippen LogP contribution in [0.2, 0.25) is 5.02 Å². The zero-order valence-corrected chi connectivity index (χ0v) is 21.4. The SMILES string of the molecule is Cn1nc(C(=O)NCc2ccc(Cl)cc2)c2c1C(=O)N[C@H](CC1(S(=O)(=O)C3([C@@H](O)CO)CC3)CC1)C2. The van der Waals surface area contributed by atoms with Gasteiger partial charge >= 0.3 is 0 Å². The van der Waals surface area contributed by atoms with Crippen LogP contribution in [-0.2, 0) is 29.9 Å². The van der Waals surface area contributed by atoms with E-state index in [0.717, 1.165) is 5.56 Å². The Hall–Kier alpha value is -2.47. The Labute approximate surface area is 213 Å². The van der Waals surface area contributed by atoms with Crippen LogP contribution < -0.4 is 10.6 Å². The number of carbonyl (C=O) groups is 2. The van der Waals surface area contributed by atoms with Crippen LogP contribution in [0.1, 0.15) is 64.2 Å². The average molecular weight is 537 g/mol. The number of halogens is 1. The number of benzene rings is 1. The summed E-state index contributed by atoms with van der Waals surface area (Å²) in [6.07, 6.45) is 0.654. The largest absolute Gasteiger partial charge is 0.394 e. The summed E-state index contributed by atoms with van der Waals surface area (Å²) >= 11 is 5.91. The molecule has 0 bridgehead atoms. The van der Waals surface area contributed by atoms with Gasteiger partial charge in [0.15, 0.2) is 15.5 Å². The van der Waals surface area contributed by atoms with Crippen molar-refractivity contribution in [3.8, 4) is 0 Å². The van der Waals surface area contributed by atoms with Gasteiger partial charge in [0.1, 0.15) is 10.4 Å². The van der Waals surface area contributed by atoms with Gasteiger partial charge in [0.25, 0.3) is 11.8 Å². The Morgan fingerprint density at radius 1 is 1.28 bits per heavy atom. The average Bonchev–Trinajstić information content (AvgIpc) is 3.76. The number of rotatable bonds is 9. The van der Waals surface area contributed by atoms with E-state index in [1.165, 1.54) is 4.68 Å². The highest BCUT2D eigenvalue weighted by Crippen LogP contribution is 2.59. The van der Waals surface area contributed by atoms with Crippen molar-refractivity contribution in [3.63, 3.8) is 0 Å². The Morgan fingerprint density at radius 2 is 1.94 bits per heavy atom. The van der Waals surface area contributed by atoms with Crippen molar-refractivity contribution >= 4 is 33.3 Å². The molecule has 36 heavy (non-hydrogen) atoms. The van der Waals surface area contributed by atoms with Gasteiger partial charge in [-0.15, -0.1) is 0 Å². The first-order valence-corrected chi connectivity index (χ1v) is 13.8. The molecule has 4 N–H and O–H groups in total. The third kappa shape index (κ3) is 4.02. The number of aryl methyl sites for hydroxylation is 1. The molecule has 1 aromatic heterocycles. The molecule has 2 atom stereocenters. The van der Waals surface area contributed by atoms with Crippen molar-refractivity contribution < 1.29 is 28.2 Å². The molecule has 2 amide bonds. The fourth-order valence-electron chi connectivity index (χ4n) is 5.44. The van der Waals surface area contributed by atoms with Gasteiger partial charge in [0, 0.05) is 30.2 Å². The summed E-state index contributed by atoms with van der Waals surface area (Å²) in [7, 11) is -2.16. The number of fused-ring (bicyclic) bond motifs is 1. The molecule has 2 aliphatic carbocycles. The minimum atomic E-state index is -3.76. The minimum Gasteiger partial charge on any atom is -0.394 e. The van der Waals surface area contributed by atoms with E-state index in [1.54, 1.807) is 31.3 Å². The monoisotopic (exact) mass is 536 g/mol. The van der Waals surface area contributed by atoms with Crippen molar-refractivity contribution in [3.05, 3.63) is 51.8 Å².